The zero-order valence-corrected chi connectivity index (χ0v) is 12.2. The van der Waals surface area contributed by atoms with Crippen LogP contribution in [0.15, 0.2) is 24.3 Å². The highest BCUT2D eigenvalue weighted by atomic mass is 32.1. The molecule has 1 aliphatic rings. The van der Waals surface area contributed by atoms with Crippen molar-refractivity contribution >= 4 is 33.2 Å². The maximum absolute atomic E-state index is 13.2. The first-order valence-corrected chi connectivity index (χ1v) is 7.64. The quantitative estimate of drug-likeness (QED) is 0.926. The Kier molecular flexibility index (Phi) is 3.63. The Labute approximate surface area is 125 Å². The fourth-order valence-electron chi connectivity index (χ4n) is 2.63. The Morgan fingerprint density at radius 2 is 1.95 bits per heavy atom. The molecule has 0 radical (unpaired) electrons. The second-order valence-corrected chi connectivity index (χ2v) is 6.35. The SMILES string of the molecule is NC(=O)C1CCN(C(=O)c2cc3ccc(F)cc3s2)CC1. The Balaban J connectivity index is 1.76. The number of hydrogen-bond donors (Lipinski definition) is 1. The maximum atomic E-state index is 13.2. The lowest BCUT2D eigenvalue weighted by atomic mass is 9.96. The summed E-state index contributed by atoms with van der Waals surface area (Å²) >= 11 is 1.30. The lowest BCUT2D eigenvalue weighted by Crippen LogP contribution is -2.41. The van der Waals surface area contributed by atoms with Gasteiger partial charge in [-0.3, -0.25) is 9.59 Å². The van der Waals surface area contributed by atoms with Crippen molar-refractivity contribution in [1.29, 1.82) is 0 Å². The van der Waals surface area contributed by atoms with Crippen molar-refractivity contribution < 1.29 is 14.0 Å². The topological polar surface area (TPSA) is 63.4 Å². The number of nitrogens with two attached hydrogens (primary N) is 1. The highest BCUT2D eigenvalue weighted by molar-refractivity contribution is 7.20. The number of primary amides is 1. The van der Waals surface area contributed by atoms with Gasteiger partial charge in [0.05, 0.1) is 4.88 Å². The van der Waals surface area contributed by atoms with Crippen LogP contribution in [0.25, 0.3) is 10.1 Å². The van der Waals surface area contributed by atoms with E-state index >= 15 is 0 Å². The first kappa shape index (κ1) is 14.0. The van der Waals surface area contributed by atoms with E-state index in [0.717, 1.165) is 10.1 Å². The molecule has 1 fully saturated rings. The van der Waals surface area contributed by atoms with Crippen molar-refractivity contribution in [1.82, 2.24) is 4.90 Å². The van der Waals surface area contributed by atoms with Crippen LogP contribution in [-0.4, -0.2) is 29.8 Å². The number of benzene rings is 1. The summed E-state index contributed by atoms with van der Waals surface area (Å²) in [5, 5.41) is 0.872. The molecule has 2 aromatic rings. The zero-order chi connectivity index (χ0) is 15.0. The molecule has 4 nitrogen and oxygen atoms in total. The molecule has 0 saturated carbocycles. The van der Waals surface area contributed by atoms with Gasteiger partial charge in [0.2, 0.25) is 5.91 Å². The predicted octanol–water partition coefficient (Wildman–Crippen LogP) is 2.38. The average molecular weight is 306 g/mol. The van der Waals surface area contributed by atoms with Crippen molar-refractivity contribution in [3.8, 4) is 0 Å². The Morgan fingerprint density at radius 3 is 2.62 bits per heavy atom. The summed E-state index contributed by atoms with van der Waals surface area (Å²) < 4.78 is 14.0. The minimum atomic E-state index is -0.300. The van der Waals surface area contributed by atoms with E-state index in [1.165, 1.54) is 23.5 Å². The van der Waals surface area contributed by atoms with Crippen LogP contribution in [0.3, 0.4) is 0 Å². The molecular weight excluding hydrogens is 291 g/mol. The van der Waals surface area contributed by atoms with Crippen LogP contribution >= 0.6 is 11.3 Å². The van der Waals surface area contributed by atoms with Crippen molar-refractivity contribution in [2.24, 2.45) is 11.7 Å². The molecule has 2 heterocycles. The van der Waals surface area contributed by atoms with Gasteiger partial charge < -0.3 is 10.6 Å². The van der Waals surface area contributed by atoms with Crippen LogP contribution < -0.4 is 5.73 Å². The summed E-state index contributed by atoms with van der Waals surface area (Å²) in [4.78, 5) is 25.9. The van der Waals surface area contributed by atoms with Gasteiger partial charge in [-0.1, -0.05) is 6.07 Å². The molecule has 21 heavy (non-hydrogen) atoms. The highest BCUT2D eigenvalue weighted by Gasteiger charge is 2.27. The average Bonchev–Trinajstić information content (AvgIpc) is 2.89. The number of rotatable bonds is 2. The van der Waals surface area contributed by atoms with Crippen molar-refractivity contribution in [2.75, 3.05) is 13.1 Å². The van der Waals surface area contributed by atoms with Crippen LogP contribution in [-0.2, 0) is 4.79 Å². The normalized spacial score (nSPS) is 16.3. The van der Waals surface area contributed by atoms with Crippen molar-refractivity contribution in [3.63, 3.8) is 0 Å². The molecule has 2 N–H and O–H groups in total. The number of hydrogen-bond acceptors (Lipinski definition) is 3. The lowest BCUT2D eigenvalue weighted by molar-refractivity contribution is -0.123. The Morgan fingerprint density at radius 1 is 1.24 bits per heavy atom. The number of carbonyl (C=O) groups excluding carboxylic acids is 2. The van der Waals surface area contributed by atoms with Gasteiger partial charge in [0.25, 0.3) is 5.91 Å². The molecular formula is C15H15FN2O2S. The summed E-state index contributed by atoms with van der Waals surface area (Å²) in [6.07, 6.45) is 1.22. The number of thiophene rings is 1. The van der Waals surface area contributed by atoms with Crippen molar-refractivity contribution in [2.45, 2.75) is 12.8 Å². The van der Waals surface area contributed by atoms with E-state index in [0.29, 0.717) is 30.8 Å². The molecule has 0 spiro atoms. The first-order chi connectivity index (χ1) is 10.0. The number of carbonyl (C=O) groups is 2. The van der Waals surface area contributed by atoms with Gasteiger partial charge in [0.15, 0.2) is 0 Å². The van der Waals surface area contributed by atoms with E-state index in [2.05, 4.69) is 0 Å². The molecule has 0 aliphatic carbocycles. The lowest BCUT2D eigenvalue weighted by Gasteiger charge is -2.30. The van der Waals surface area contributed by atoms with E-state index in [1.807, 2.05) is 0 Å². The third-order valence-corrected chi connectivity index (χ3v) is 4.96. The molecule has 1 aromatic heterocycles. The van der Waals surface area contributed by atoms with Gasteiger partial charge in [-0.05, 0) is 36.4 Å². The summed E-state index contributed by atoms with van der Waals surface area (Å²) in [5.41, 5.74) is 5.29. The van der Waals surface area contributed by atoms with Gasteiger partial charge >= 0.3 is 0 Å². The summed E-state index contributed by atoms with van der Waals surface area (Å²) in [5.74, 6) is -0.782. The van der Waals surface area contributed by atoms with Crippen LogP contribution in [0.2, 0.25) is 0 Å². The first-order valence-electron chi connectivity index (χ1n) is 6.82. The third-order valence-electron chi connectivity index (χ3n) is 3.88. The van der Waals surface area contributed by atoms with E-state index in [-0.39, 0.29) is 23.5 Å². The Bertz CT molecular complexity index is 705. The molecule has 0 bridgehead atoms. The second-order valence-electron chi connectivity index (χ2n) is 5.26. The standard InChI is InChI=1S/C15H15FN2O2S/c16-11-2-1-10-7-13(21-12(10)8-11)15(20)18-5-3-9(4-6-18)14(17)19/h1-2,7-9H,3-6H2,(H2,17,19). The number of halogens is 1. The van der Waals surface area contributed by atoms with Crippen molar-refractivity contribution in [3.05, 3.63) is 35.0 Å². The van der Waals surface area contributed by atoms with Gasteiger partial charge in [0, 0.05) is 23.7 Å². The summed E-state index contributed by atoms with van der Waals surface area (Å²) in [7, 11) is 0. The highest BCUT2D eigenvalue weighted by Crippen LogP contribution is 2.28. The second kappa shape index (κ2) is 5.44. The van der Waals surface area contributed by atoms with E-state index in [4.69, 9.17) is 5.73 Å². The number of nitrogens with zero attached hydrogens (tertiary/aromatic N) is 1. The molecule has 2 amide bonds. The maximum Gasteiger partial charge on any atom is 0.263 e. The number of amides is 2. The summed E-state index contributed by atoms with van der Waals surface area (Å²) in [6.45, 7) is 1.07. The van der Waals surface area contributed by atoms with E-state index in [9.17, 15) is 14.0 Å². The molecule has 110 valence electrons. The summed E-state index contributed by atoms with van der Waals surface area (Å²) in [6, 6.07) is 6.30. The fourth-order valence-corrected chi connectivity index (χ4v) is 3.69. The van der Waals surface area contributed by atoms with Crippen LogP contribution in [0.5, 0.6) is 0 Å². The number of fused-ring (bicyclic) bond motifs is 1. The monoisotopic (exact) mass is 306 g/mol. The molecule has 1 saturated heterocycles. The minimum absolute atomic E-state index is 0.0560. The minimum Gasteiger partial charge on any atom is -0.369 e. The molecule has 0 unspecified atom stereocenters. The number of piperidine rings is 1. The third kappa shape index (κ3) is 2.76. The van der Waals surface area contributed by atoms with Gasteiger partial charge in [-0.25, -0.2) is 4.39 Å². The fraction of sp³-hybridized carbons (Fsp3) is 0.333. The van der Waals surface area contributed by atoms with Crippen LogP contribution in [0.4, 0.5) is 4.39 Å². The molecule has 3 rings (SSSR count). The molecule has 6 heteroatoms. The smallest absolute Gasteiger partial charge is 0.263 e. The largest absolute Gasteiger partial charge is 0.369 e. The molecule has 1 aromatic carbocycles. The van der Waals surface area contributed by atoms with Crippen LogP contribution in [0, 0.1) is 11.7 Å². The van der Waals surface area contributed by atoms with Crippen LogP contribution in [0.1, 0.15) is 22.5 Å². The van der Waals surface area contributed by atoms with E-state index in [1.54, 1.807) is 17.0 Å². The van der Waals surface area contributed by atoms with Gasteiger partial charge in [-0.15, -0.1) is 11.3 Å². The number of likely N-dealkylation sites (tertiary alicyclic amines) is 1. The Hall–Kier alpha value is -1.95. The van der Waals surface area contributed by atoms with Gasteiger partial charge in [0.1, 0.15) is 5.82 Å². The van der Waals surface area contributed by atoms with E-state index < -0.39 is 0 Å². The predicted molar refractivity (Wildman–Crippen MR) is 79.6 cm³/mol. The molecule has 1 aliphatic heterocycles. The molecule has 0 atom stereocenters. The zero-order valence-electron chi connectivity index (χ0n) is 11.3. The van der Waals surface area contributed by atoms with Gasteiger partial charge in [-0.2, -0.15) is 0 Å².